The second kappa shape index (κ2) is 4.97. The van der Waals surface area contributed by atoms with Gasteiger partial charge in [-0.15, -0.1) is 0 Å². The van der Waals surface area contributed by atoms with Crippen LogP contribution in [0.15, 0.2) is 30.7 Å². The third kappa shape index (κ3) is 3.04. The van der Waals surface area contributed by atoms with Crippen LogP contribution in [0.3, 0.4) is 0 Å². The Balaban J connectivity index is 1.98. The number of aryl methyl sites for hydroxylation is 1. The summed E-state index contributed by atoms with van der Waals surface area (Å²) in [5, 5.41) is 4.14. The van der Waals surface area contributed by atoms with Gasteiger partial charge in [0.2, 0.25) is 0 Å². The highest BCUT2D eigenvalue weighted by Crippen LogP contribution is 2.11. The highest BCUT2D eigenvalue weighted by Gasteiger charge is 2.06. The minimum atomic E-state index is 0.738. The number of pyridine rings is 1. The zero-order chi connectivity index (χ0) is 12.3. The van der Waals surface area contributed by atoms with E-state index in [2.05, 4.69) is 15.0 Å². The summed E-state index contributed by atoms with van der Waals surface area (Å²) >= 11 is 0. The van der Waals surface area contributed by atoms with Crippen molar-refractivity contribution in [2.45, 2.75) is 13.1 Å². The summed E-state index contributed by atoms with van der Waals surface area (Å²) in [4.78, 5) is 6.44. The monoisotopic (exact) mass is 231 g/mol. The quantitative estimate of drug-likeness (QED) is 0.853. The van der Waals surface area contributed by atoms with Crippen molar-refractivity contribution in [2.24, 2.45) is 7.05 Å². The van der Waals surface area contributed by atoms with Crippen LogP contribution in [0.25, 0.3) is 0 Å². The first-order valence-corrected chi connectivity index (χ1v) is 5.50. The maximum Gasteiger partial charge on any atom is 0.0772 e. The van der Waals surface area contributed by atoms with Gasteiger partial charge in [-0.1, -0.05) is 0 Å². The average Bonchev–Trinajstić information content (AvgIpc) is 2.67. The molecular weight excluding hydrogens is 214 g/mol. The minimum Gasteiger partial charge on any atom is -0.397 e. The van der Waals surface area contributed by atoms with E-state index in [1.807, 2.05) is 38.6 Å². The van der Waals surface area contributed by atoms with Crippen molar-refractivity contribution in [3.05, 3.63) is 42.0 Å². The first kappa shape index (κ1) is 11.6. The fourth-order valence-electron chi connectivity index (χ4n) is 1.76. The summed E-state index contributed by atoms with van der Waals surface area (Å²) in [6.45, 7) is 1.57. The smallest absolute Gasteiger partial charge is 0.0772 e. The molecule has 0 atom stereocenters. The summed E-state index contributed by atoms with van der Waals surface area (Å²) in [5.74, 6) is 0. The van der Waals surface area contributed by atoms with Crippen LogP contribution in [0.2, 0.25) is 0 Å². The summed E-state index contributed by atoms with van der Waals surface area (Å²) in [7, 11) is 3.96. The molecular formula is C12H17N5. The predicted octanol–water partition coefficient (Wildman–Crippen LogP) is 1.03. The topological polar surface area (TPSA) is 60.0 Å². The molecule has 0 aliphatic heterocycles. The molecule has 90 valence electrons. The van der Waals surface area contributed by atoms with Gasteiger partial charge in [-0.25, -0.2) is 0 Å². The first-order chi connectivity index (χ1) is 8.15. The predicted molar refractivity (Wildman–Crippen MR) is 67.0 cm³/mol. The largest absolute Gasteiger partial charge is 0.397 e. The lowest BCUT2D eigenvalue weighted by molar-refractivity contribution is 0.315. The molecule has 0 saturated heterocycles. The van der Waals surface area contributed by atoms with E-state index in [1.54, 1.807) is 10.9 Å². The van der Waals surface area contributed by atoms with E-state index in [0.29, 0.717) is 0 Å². The molecule has 2 rings (SSSR count). The first-order valence-electron chi connectivity index (χ1n) is 5.50. The van der Waals surface area contributed by atoms with Gasteiger partial charge in [0.1, 0.15) is 0 Å². The normalized spacial score (nSPS) is 11.0. The molecule has 0 aliphatic rings. The maximum atomic E-state index is 5.86. The van der Waals surface area contributed by atoms with Gasteiger partial charge in [0.15, 0.2) is 0 Å². The van der Waals surface area contributed by atoms with Crippen molar-refractivity contribution in [1.29, 1.82) is 0 Å². The number of hydrogen-bond acceptors (Lipinski definition) is 4. The molecule has 2 N–H and O–H groups in total. The van der Waals surface area contributed by atoms with Crippen LogP contribution in [0, 0.1) is 0 Å². The van der Waals surface area contributed by atoms with Crippen molar-refractivity contribution >= 4 is 5.69 Å². The average molecular weight is 231 g/mol. The molecule has 0 fully saturated rings. The van der Waals surface area contributed by atoms with E-state index >= 15 is 0 Å². The van der Waals surface area contributed by atoms with E-state index < -0.39 is 0 Å². The number of aromatic nitrogens is 3. The molecule has 0 radical (unpaired) electrons. The van der Waals surface area contributed by atoms with Crippen molar-refractivity contribution in [3.63, 3.8) is 0 Å². The lowest BCUT2D eigenvalue weighted by atomic mass is 10.2. The Morgan fingerprint density at radius 2 is 2.24 bits per heavy atom. The van der Waals surface area contributed by atoms with Crippen LogP contribution in [0.1, 0.15) is 11.3 Å². The zero-order valence-corrected chi connectivity index (χ0v) is 10.2. The highest BCUT2D eigenvalue weighted by molar-refractivity contribution is 5.41. The highest BCUT2D eigenvalue weighted by atomic mass is 15.2. The lowest BCUT2D eigenvalue weighted by Crippen LogP contribution is -2.18. The molecule has 2 heterocycles. The minimum absolute atomic E-state index is 0.738. The number of nitrogens with two attached hydrogens (primary N) is 1. The fourth-order valence-corrected chi connectivity index (χ4v) is 1.76. The molecule has 0 bridgehead atoms. The van der Waals surface area contributed by atoms with E-state index in [4.69, 9.17) is 5.73 Å². The lowest BCUT2D eigenvalue weighted by Gasteiger charge is -2.15. The molecule has 0 aliphatic carbocycles. The van der Waals surface area contributed by atoms with Crippen LogP contribution >= 0.6 is 0 Å². The van der Waals surface area contributed by atoms with E-state index in [1.165, 1.54) is 5.56 Å². The van der Waals surface area contributed by atoms with Gasteiger partial charge in [0.05, 0.1) is 17.6 Å². The maximum absolute atomic E-state index is 5.86. The summed E-state index contributed by atoms with van der Waals surface area (Å²) in [6, 6.07) is 3.72. The van der Waals surface area contributed by atoms with Gasteiger partial charge in [-0.3, -0.25) is 14.6 Å². The van der Waals surface area contributed by atoms with Crippen LogP contribution in [-0.2, 0) is 20.1 Å². The Labute approximate surface area is 101 Å². The van der Waals surface area contributed by atoms with Gasteiger partial charge >= 0.3 is 0 Å². The SMILES string of the molecule is CN(Cc1cnn(C)c1)Cc1ncccc1N. The standard InChI is InChI=1S/C12H17N5/c1-16(7-10-6-15-17(2)8-10)9-12-11(13)4-3-5-14-12/h3-6,8H,7,9,13H2,1-2H3. The second-order valence-corrected chi connectivity index (χ2v) is 4.23. The molecule has 0 spiro atoms. The van der Waals surface area contributed by atoms with E-state index in [9.17, 15) is 0 Å². The molecule has 0 unspecified atom stereocenters. The van der Waals surface area contributed by atoms with Crippen LogP contribution < -0.4 is 5.73 Å². The summed E-state index contributed by atoms with van der Waals surface area (Å²) in [5.41, 5.74) is 8.70. The van der Waals surface area contributed by atoms with E-state index in [-0.39, 0.29) is 0 Å². The van der Waals surface area contributed by atoms with Gasteiger partial charge < -0.3 is 5.73 Å². The number of nitrogens with zero attached hydrogens (tertiary/aromatic N) is 4. The van der Waals surface area contributed by atoms with Gasteiger partial charge in [0.25, 0.3) is 0 Å². The number of nitrogen functional groups attached to an aromatic ring is 1. The van der Waals surface area contributed by atoms with Crippen molar-refractivity contribution < 1.29 is 0 Å². The van der Waals surface area contributed by atoms with E-state index in [0.717, 1.165) is 24.5 Å². The van der Waals surface area contributed by atoms with Gasteiger partial charge in [0, 0.05) is 38.1 Å². The Bertz CT molecular complexity index is 491. The fraction of sp³-hybridized carbons (Fsp3) is 0.333. The molecule has 5 heteroatoms. The molecule has 5 nitrogen and oxygen atoms in total. The molecule has 0 amide bonds. The van der Waals surface area contributed by atoms with Crippen LogP contribution in [0.4, 0.5) is 5.69 Å². The Morgan fingerprint density at radius 3 is 2.88 bits per heavy atom. The Kier molecular flexibility index (Phi) is 3.39. The zero-order valence-electron chi connectivity index (χ0n) is 10.2. The van der Waals surface area contributed by atoms with Crippen molar-refractivity contribution in [1.82, 2.24) is 19.7 Å². The third-order valence-corrected chi connectivity index (χ3v) is 2.56. The molecule has 17 heavy (non-hydrogen) atoms. The number of hydrogen-bond donors (Lipinski definition) is 1. The van der Waals surface area contributed by atoms with Gasteiger partial charge in [-0.05, 0) is 19.2 Å². The molecule has 2 aromatic rings. The van der Waals surface area contributed by atoms with Crippen LogP contribution in [0.5, 0.6) is 0 Å². The third-order valence-electron chi connectivity index (χ3n) is 2.56. The summed E-state index contributed by atoms with van der Waals surface area (Å²) in [6.07, 6.45) is 5.65. The molecule has 0 saturated carbocycles. The molecule has 2 aromatic heterocycles. The Morgan fingerprint density at radius 1 is 1.41 bits per heavy atom. The van der Waals surface area contributed by atoms with Crippen molar-refractivity contribution in [3.8, 4) is 0 Å². The van der Waals surface area contributed by atoms with Crippen LogP contribution in [-0.4, -0.2) is 26.7 Å². The molecule has 0 aromatic carbocycles. The van der Waals surface area contributed by atoms with Gasteiger partial charge in [-0.2, -0.15) is 5.10 Å². The van der Waals surface area contributed by atoms with Crippen molar-refractivity contribution in [2.75, 3.05) is 12.8 Å². The number of anilines is 1. The Hall–Kier alpha value is -1.88. The summed E-state index contributed by atoms with van der Waals surface area (Å²) < 4.78 is 1.80. The second-order valence-electron chi connectivity index (χ2n) is 4.23. The number of rotatable bonds is 4.